The summed E-state index contributed by atoms with van der Waals surface area (Å²) >= 11 is 0. The van der Waals surface area contributed by atoms with Gasteiger partial charge in [-0.1, -0.05) is 0 Å². The van der Waals surface area contributed by atoms with Crippen molar-refractivity contribution in [2.45, 2.75) is 0 Å². The van der Waals surface area contributed by atoms with Gasteiger partial charge in [0.1, 0.15) is 7.91 Å². The second kappa shape index (κ2) is 10.4. The molecule has 0 spiro atoms. The minimum atomic E-state index is -5.64. The van der Waals surface area contributed by atoms with Crippen LogP contribution in [0.4, 0.5) is 4.20 Å². The first kappa shape index (κ1) is 19.0. The molecule has 58 valence electrons. The molecule has 0 atom stereocenters. The van der Waals surface area contributed by atoms with E-state index in [4.69, 9.17) is 14.4 Å². The fourth-order valence-electron chi connectivity index (χ4n) is 0.215. The van der Waals surface area contributed by atoms with Crippen LogP contribution in [0.25, 0.3) is 0 Å². The summed E-state index contributed by atoms with van der Waals surface area (Å²) in [7, 11) is -5.64. The second-order valence-electron chi connectivity index (χ2n) is 1.19. The van der Waals surface area contributed by atoms with Gasteiger partial charge < -0.3 is 19.3 Å². The number of aromatic amines is 1. The summed E-state index contributed by atoms with van der Waals surface area (Å²) in [5, 5.41) is 0. The van der Waals surface area contributed by atoms with Crippen LogP contribution < -0.4 is 68.9 Å². The van der Waals surface area contributed by atoms with Gasteiger partial charge in [-0.15, -0.1) is 0 Å². The van der Waals surface area contributed by atoms with Crippen molar-refractivity contribution < 1.29 is 77.7 Å². The predicted octanol–water partition coefficient (Wildman–Crippen LogP) is -6.80. The van der Waals surface area contributed by atoms with Crippen LogP contribution in [0.5, 0.6) is 0 Å². The number of rotatable bonds is 0. The number of H-pyrrole nitrogens is 1. The van der Waals surface area contributed by atoms with Crippen molar-refractivity contribution in [3.05, 3.63) is 18.7 Å². The maximum absolute atomic E-state index is 10.1. The summed E-state index contributed by atoms with van der Waals surface area (Å²) in [6, 6.07) is 0. The molecule has 5 nitrogen and oxygen atoms in total. The van der Waals surface area contributed by atoms with Gasteiger partial charge in [0.15, 0.2) is 0 Å². The van der Waals surface area contributed by atoms with Crippen LogP contribution in [0.2, 0.25) is 0 Å². The average molecular weight is 212 g/mol. The number of imidazole rings is 1. The van der Waals surface area contributed by atoms with Crippen LogP contribution in [0.1, 0.15) is 0 Å². The van der Waals surface area contributed by atoms with E-state index in [1.165, 1.54) is 0 Å². The van der Waals surface area contributed by atoms with Gasteiger partial charge in [-0.3, -0.25) is 0 Å². The molecule has 0 radical (unpaired) electrons. The van der Waals surface area contributed by atoms with Gasteiger partial charge in [0.2, 0.25) is 0 Å². The molecule has 0 aliphatic rings. The molecular weight excluding hydrogens is 208 g/mol. The van der Waals surface area contributed by atoms with Gasteiger partial charge in [0, 0.05) is 12.4 Å². The summed E-state index contributed by atoms with van der Waals surface area (Å²) < 4.78 is 18.6. The van der Waals surface area contributed by atoms with Crippen LogP contribution in [0.15, 0.2) is 18.7 Å². The number of nitrogens with one attached hydrogen (secondary N) is 1. The summed E-state index contributed by atoms with van der Waals surface area (Å²) in [4.78, 5) is 23.3. The van der Waals surface area contributed by atoms with E-state index in [0.29, 0.717) is 0 Å². The molecule has 0 saturated carbocycles. The maximum atomic E-state index is 10.1. The zero-order valence-corrected chi connectivity index (χ0v) is 11.6. The minimum Gasteiger partial charge on any atom is -0.786 e. The maximum Gasteiger partial charge on any atom is 1.00 e. The third kappa shape index (κ3) is 30.2. The molecule has 9 heteroatoms. The Morgan fingerprint density at radius 3 is 1.92 bits per heavy atom. The van der Waals surface area contributed by atoms with E-state index in [0.717, 1.165) is 0 Å². The van der Waals surface area contributed by atoms with E-state index in [-0.39, 0.29) is 59.1 Å². The predicted molar refractivity (Wildman–Crippen MR) is 27.3 cm³/mol. The van der Waals surface area contributed by atoms with Crippen LogP contribution in [-0.2, 0) is 4.57 Å². The fourth-order valence-corrected chi connectivity index (χ4v) is 0.215. The number of aromatic nitrogens is 2. The SMILES string of the molecule is O=P([O-])([O-])F.[Na+].[Na+].c1c[nH]cn1. The van der Waals surface area contributed by atoms with E-state index in [1.807, 2.05) is 0 Å². The fraction of sp³-hybridized carbons (Fsp3) is 0. The molecule has 1 heterocycles. The van der Waals surface area contributed by atoms with Crippen molar-refractivity contribution in [3.8, 4) is 0 Å². The van der Waals surface area contributed by atoms with Crippen LogP contribution in [0, 0.1) is 0 Å². The minimum absolute atomic E-state index is 0. The Bertz CT molecular complexity index is 178. The molecule has 0 amide bonds. The molecule has 0 bridgehead atoms. The standard InChI is InChI=1S/C3H4N2.FH2O3P.2Na/c1-2-5-3-4-1;1-5(2,3)4;;/h1-3H,(H,4,5);(H2,2,3,4);;/q;;2*+1/p-2. The summed E-state index contributed by atoms with van der Waals surface area (Å²) in [6.07, 6.45) is 5.08. The summed E-state index contributed by atoms with van der Waals surface area (Å²) in [6.45, 7) is 0. The van der Waals surface area contributed by atoms with Crippen molar-refractivity contribution in [2.75, 3.05) is 0 Å². The first-order valence-corrected chi connectivity index (χ1v) is 3.58. The molecule has 1 aromatic heterocycles. The zero-order valence-electron chi connectivity index (χ0n) is 6.73. The molecular formula is C3H4FN2Na2O3P. The normalized spacial score (nSPS) is 8.25. The van der Waals surface area contributed by atoms with E-state index >= 15 is 0 Å². The van der Waals surface area contributed by atoms with Crippen molar-refractivity contribution in [1.29, 1.82) is 0 Å². The zero-order chi connectivity index (χ0) is 8.04. The van der Waals surface area contributed by atoms with Crippen LogP contribution in [0.3, 0.4) is 0 Å². The monoisotopic (exact) mass is 212 g/mol. The molecule has 1 rings (SSSR count). The van der Waals surface area contributed by atoms with Gasteiger partial charge in [-0.25, -0.2) is 9.18 Å². The van der Waals surface area contributed by atoms with E-state index in [1.54, 1.807) is 18.7 Å². The third-order valence-electron chi connectivity index (χ3n) is 0.406. The molecule has 0 aromatic carbocycles. The Labute approximate surface area is 113 Å². The Balaban J connectivity index is -0.000000116. The van der Waals surface area contributed by atoms with E-state index in [9.17, 15) is 4.20 Å². The van der Waals surface area contributed by atoms with Gasteiger partial charge in [0.05, 0.1) is 6.33 Å². The van der Waals surface area contributed by atoms with Crippen molar-refractivity contribution in [2.24, 2.45) is 0 Å². The Morgan fingerprint density at radius 2 is 1.83 bits per heavy atom. The number of hydrogen-bond donors (Lipinski definition) is 1. The molecule has 0 saturated heterocycles. The Kier molecular flexibility index (Phi) is 16.4. The van der Waals surface area contributed by atoms with Gasteiger partial charge in [-0.2, -0.15) is 0 Å². The average Bonchev–Trinajstić information content (AvgIpc) is 2.07. The second-order valence-corrected chi connectivity index (χ2v) is 2.05. The number of hydrogen-bond acceptors (Lipinski definition) is 4. The Hall–Kier alpha value is 1.29. The van der Waals surface area contributed by atoms with E-state index < -0.39 is 7.91 Å². The summed E-state index contributed by atoms with van der Waals surface area (Å²) in [5.41, 5.74) is 0. The van der Waals surface area contributed by atoms with Gasteiger partial charge >= 0.3 is 59.1 Å². The largest absolute Gasteiger partial charge is 1.00 e. The van der Waals surface area contributed by atoms with Gasteiger partial charge in [0.25, 0.3) is 0 Å². The topological polar surface area (TPSA) is 91.9 Å². The third-order valence-corrected chi connectivity index (χ3v) is 0.406. The van der Waals surface area contributed by atoms with E-state index in [2.05, 4.69) is 9.97 Å². The molecule has 0 fully saturated rings. The van der Waals surface area contributed by atoms with Crippen molar-refractivity contribution in [3.63, 3.8) is 0 Å². The molecule has 1 N–H and O–H groups in total. The van der Waals surface area contributed by atoms with Gasteiger partial charge in [-0.05, 0) is 0 Å². The molecule has 1 aromatic rings. The summed E-state index contributed by atoms with van der Waals surface area (Å²) in [5.74, 6) is 0. The molecule has 12 heavy (non-hydrogen) atoms. The first-order chi connectivity index (χ1) is 4.50. The number of halogens is 1. The number of nitrogens with zero attached hydrogens (tertiary/aromatic N) is 1. The van der Waals surface area contributed by atoms with Crippen LogP contribution in [-0.4, -0.2) is 9.97 Å². The quantitative estimate of drug-likeness (QED) is 0.341. The first-order valence-electron chi connectivity index (χ1n) is 2.14. The molecule has 0 aliphatic carbocycles. The van der Waals surface area contributed by atoms with Crippen molar-refractivity contribution >= 4 is 7.91 Å². The Morgan fingerprint density at radius 1 is 1.42 bits per heavy atom. The molecule has 0 aliphatic heterocycles. The van der Waals surface area contributed by atoms with Crippen LogP contribution >= 0.6 is 7.91 Å². The smallest absolute Gasteiger partial charge is 0.786 e. The van der Waals surface area contributed by atoms with Crippen molar-refractivity contribution in [1.82, 2.24) is 9.97 Å². The molecule has 0 unspecified atom stereocenters.